The summed E-state index contributed by atoms with van der Waals surface area (Å²) in [5.41, 5.74) is 6.48. The van der Waals surface area contributed by atoms with Gasteiger partial charge in [0.05, 0.1) is 22.4 Å². The van der Waals surface area contributed by atoms with E-state index in [0.717, 1.165) is 6.42 Å². The van der Waals surface area contributed by atoms with Crippen molar-refractivity contribution in [3.05, 3.63) is 28.8 Å². The largest absolute Gasteiger partial charge is 0.398 e. The lowest BCUT2D eigenvalue weighted by atomic mass is 9.95. The smallest absolute Gasteiger partial charge is 0.255 e. The molecule has 3 N–H and O–H groups in total. The monoisotopic (exact) mass is 268 g/mol. The molecule has 1 fully saturated rings. The van der Waals surface area contributed by atoms with Gasteiger partial charge in [-0.2, -0.15) is 0 Å². The highest BCUT2D eigenvalue weighted by molar-refractivity contribution is 6.36. The van der Waals surface area contributed by atoms with Crippen molar-refractivity contribution in [2.75, 3.05) is 18.8 Å². The van der Waals surface area contributed by atoms with E-state index in [-0.39, 0.29) is 16.8 Å². The minimum Gasteiger partial charge on any atom is -0.398 e. The topological polar surface area (TPSA) is 66.6 Å². The second kappa shape index (κ2) is 5.16. The number of anilines is 1. The summed E-state index contributed by atoms with van der Waals surface area (Å²) < 4.78 is 0. The molecule has 2 rings (SSSR count). The third kappa shape index (κ3) is 2.44. The van der Waals surface area contributed by atoms with Gasteiger partial charge in [0.2, 0.25) is 0 Å². The first kappa shape index (κ1) is 13.2. The molecule has 1 amide bonds. The maximum atomic E-state index is 12.3. The van der Waals surface area contributed by atoms with Crippen LogP contribution in [0.25, 0.3) is 0 Å². The van der Waals surface area contributed by atoms with E-state index < -0.39 is 6.10 Å². The number of piperidine rings is 1. The van der Waals surface area contributed by atoms with Crippen molar-refractivity contribution in [1.29, 1.82) is 0 Å². The maximum absolute atomic E-state index is 12.3. The molecule has 1 aliphatic rings. The van der Waals surface area contributed by atoms with Crippen molar-refractivity contribution in [1.82, 2.24) is 4.90 Å². The Balaban J connectivity index is 2.19. The number of nitrogens with zero attached hydrogens (tertiary/aromatic N) is 1. The predicted octanol–water partition coefficient (Wildman–Crippen LogP) is 1.77. The van der Waals surface area contributed by atoms with Gasteiger partial charge in [0.15, 0.2) is 0 Å². The van der Waals surface area contributed by atoms with E-state index in [1.165, 1.54) is 0 Å². The summed E-state index contributed by atoms with van der Waals surface area (Å²) in [7, 11) is 0. The zero-order valence-electron chi connectivity index (χ0n) is 10.3. The number of aliphatic hydroxyl groups is 1. The number of nitrogens with two attached hydrogens (primary N) is 1. The highest BCUT2D eigenvalue weighted by Crippen LogP contribution is 2.26. The van der Waals surface area contributed by atoms with Crippen LogP contribution in [0, 0.1) is 5.92 Å². The molecule has 1 aromatic carbocycles. The van der Waals surface area contributed by atoms with Crippen molar-refractivity contribution >= 4 is 23.2 Å². The Morgan fingerprint density at radius 3 is 2.94 bits per heavy atom. The van der Waals surface area contributed by atoms with Crippen LogP contribution in [0.2, 0.25) is 5.02 Å². The molecule has 0 aliphatic carbocycles. The molecule has 2 atom stereocenters. The molecule has 1 aliphatic heterocycles. The van der Waals surface area contributed by atoms with Gasteiger partial charge in [-0.3, -0.25) is 4.79 Å². The highest BCUT2D eigenvalue weighted by Gasteiger charge is 2.28. The lowest BCUT2D eigenvalue weighted by Crippen LogP contribution is -2.45. The van der Waals surface area contributed by atoms with Gasteiger partial charge in [-0.1, -0.05) is 24.6 Å². The fourth-order valence-corrected chi connectivity index (χ4v) is 2.33. The molecule has 1 heterocycles. The van der Waals surface area contributed by atoms with Crippen molar-refractivity contribution in [3.63, 3.8) is 0 Å². The Morgan fingerprint density at radius 2 is 2.28 bits per heavy atom. The van der Waals surface area contributed by atoms with E-state index in [0.29, 0.717) is 24.3 Å². The average molecular weight is 269 g/mol. The molecular formula is C13H17ClN2O2. The van der Waals surface area contributed by atoms with Crippen LogP contribution in [0.1, 0.15) is 23.7 Å². The second-order valence-corrected chi connectivity index (χ2v) is 5.17. The van der Waals surface area contributed by atoms with Crippen LogP contribution in [-0.4, -0.2) is 35.1 Å². The minimum atomic E-state index is -0.470. The number of carbonyl (C=O) groups is 1. The average Bonchev–Trinajstić information content (AvgIpc) is 2.35. The Kier molecular flexibility index (Phi) is 3.78. The number of carbonyl (C=O) groups excluding carboxylic acids is 1. The third-order valence-electron chi connectivity index (χ3n) is 3.46. The van der Waals surface area contributed by atoms with E-state index in [1.807, 2.05) is 6.92 Å². The number of likely N-dealkylation sites (tertiary alicyclic amines) is 1. The van der Waals surface area contributed by atoms with E-state index in [9.17, 15) is 9.90 Å². The number of hydrogen-bond donors (Lipinski definition) is 2. The maximum Gasteiger partial charge on any atom is 0.255 e. The van der Waals surface area contributed by atoms with Gasteiger partial charge in [-0.15, -0.1) is 0 Å². The third-order valence-corrected chi connectivity index (χ3v) is 3.89. The van der Waals surface area contributed by atoms with Crippen LogP contribution in [0.5, 0.6) is 0 Å². The molecule has 2 unspecified atom stereocenters. The van der Waals surface area contributed by atoms with Crippen molar-refractivity contribution in [2.24, 2.45) is 5.92 Å². The normalized spacial score (nSPS) is 24.1. The van der Waals surface area contributed by atoms with Crippen LogP contribution in [0.4, 0.5) is 5.69 Å². The first-order valence-corrected chi connectivity index (χ1v) is 6.40. The molecule has 18 heavy (non-hydrogen) atoms. The molecule has 5 heteroatoms. The Bertz CT molecular complexity index is 464. The minimum absolute atomic E-state index is 0.168. The first-order valence-electron chi connectivity index (χ1n) is 6.02. The zero-order valence-corrected chi connectivity index (χ0v) is 11.0. The summed E-state index contributed by atoms with van der Waals surface area (Å²) in [5.74, 6) is 0.0589. The number of hydrogen-bond acceptors (Lipinski definition) is 3. The van der Waals surface area contributed by atoms with Gasteiger partial charge < -0.3 is 15.7 Å². The van der Waals surface area contributed by atoms with Gasteiger partial charge in [-0.25, -0.2) is 0 Å². The van der Waals surface area contributed by atoms with E-state index in [4.69, 9.17) is 17.3 Å². The Morgan fingerprint density at radius 1 is 1.56 bits per heavy atom. The van der Waals surface area contributed by atoms with E-state index >= 15 is 0 Å². The lowest BCUT2D eigenvalue weighted by Gasteiger charge is -2.34. The number of amides is 1. The van der Waals surface area contributed by atoms with Crippen LogP contribution in [-0.2, 0) is 0 Å². The molecule has 0 radical (unpaired) electrons. The molecular weight excluding hydrogens is 252 g/mol. The van der Waals surface area contributed by atoms with E-state index in [1.54, 1.807) is 23.1 Å². The van der Waals surface area contributed by atoms with Crippen LogP contribution in [0.15, 0.2) is 18.2 Å². The van der Waals surface area contributed by atoms with Gasteiger partial charge in [0.1, 0.15) is 0 Å². The number of nitrogen functional groups attached to an aromatic ring is 1. The van der Waals surface area contributed by atoms with E-state index in [2.05, 4.69) is 0 Å². The summed E-state index contributed by atoms with van der Waals surface area (Å²) in [4.78, 5) is 13.9. The van der Waals surface area contributed by atoms with Gasteiger partial charge in [-0.05, 0) is 24.5 Å². The number of halogens is 1. The molecule has 0 spiro atoms. The zero-order chi connectivity index (χ0) is 13.3. The molecule has 1 saturated heterocycles. The van der Waals surface area contributed by atoms with Crippen LogP contribution >= 0.6 is 11.6 Å². The van der Waals surface area contributed by atoms with Crippen LogP contribution < -0.4 is 5.73 Å². The Hall–Kier alpha value is -1.26. The van der Waals surface area contributed by atoms with Crippen molar-refractivity contribution in [3.8, 4) is 0 Å². The highest BCUT2D eigenvalue weighted by atomic mass is 35.5. The second-order valence-electron chi connectivity index (χ2n) is 4.79. The predicted molar refractivity (Wildman–Crippen MR) is 71.6 cm³/mol. The quantitative estimate of drug-likeness (QED) is 0.763. The SMILES string of the molecule is CC1CCN(C(=O)c2cccc(N)c2Cl)CC1O. The molecule has 1 aromatic rings. The summed E-state index contributed by atoms with van der Waals surface area (Å²) in [6.45, 7) is 2.98. The number of β-amino-alcohol motifs (C(OH)–C–C–N with tert-alkyl or cyclic N) is 1. The van der Waals surface area contributed by atoms with Gasteiger partial charge >= 0.3 is 0 Å². The van der Waals surface area contributed by atoms with Gasteiger partial charge in [0, 0.05) is 13.1 Å². The van der Waals surface area contributed by atoms with Crippen molar-refractivity contribution in [2.45, 2.75) is 19.4 Å². The summed E-state index contributed by atoms with van der Waals surface area (Å²) >= 11 is 6.04. The summed E-state index contributed by atoms with van der Waals surface area (Å²) in [5, 5.41) is 10.1. The van der Waals surface area contributed by atoms with Crippen molar-refractivity contribution < 1.29 is 9.90 Å². The van der Waals surface area contributed by atoms with Crippen LogP contribution in [0.3, 0.4) is 0 Å². The van der Waals surface area contributed by atoms with Gasteiger partial charge in [0.25, 0.3) is 5.91 Å². The molecule has 98 valence electrons. The molecule has 0 aromatic heterocycles. The molecule has 0 saturated carbocycles. The summed E-state index contributed by atoms with van der Waals surface area (Å²) in [6, 6.07) is 5.02. The summed E-state index contributed by atoms with van der Waals surface area (Å²) in [6.07, 6.45) is 0.329. The molecule has 4 nitrogen and oxygen atoms in total. The fraction of sp³-hybridized carbons (Fsp3) is 0.462. The first-order chi connectivity index (χ1) is 8.50. The number of aliphatic hydroxyl groups excluding tert-OH is 1. The Labute approximate surface area is 111 Å². The fourth-order valence-electron chi connectivity index (χ4n) is 2.12. The number of rotatable bonds is 1. The molecule has 0 bridgehead atoms. The standard InChI is InChI=1S/C13H17ClN2O2/c1-8-5-6-16(7-11(8)17)13(18)9-3-2-4-10(15)12(9)14/h2-4,8,11,17H,5-7,15H2,1H3. The number of benzene rings is 1. The lowest BCUT2D eigenvalue weighted by molar-refractivity contribution is 0.0249.